The number of sulfonamides is 1. The third-order valence-corrected chi connectivity index (χ3v) is 7.07. The SMILES string of the molecule is CC(C)N1[C@H]2CN(Cc3ccccc3)C[C@H]2Oc2ncccc2S1(=O)=O. The minimum atomic E-state index is -3.65. The normalized spacial score (nSPS) is 25.3. The number of fused-ring (bicyclic) bond motifs is 2. The van der Waals surface area contributed by atoms with Gasteiger partial charge in [0.15, 0.2) is 0 Å². The van der Waals surface area contributed by atoms with Crippen LogP contribution in [-0.2, 0) is 16.6 Å². The molecule has 1 fully saturated rings. The molecule has 0 saturated carbocycles. The van der Waals surface area contributed by atoms with E-state index in [4.69, 9.17) is 4.74 Å². The van der Waals surface area contributed by atoms with Crippen molar-refractivity contribution in [2.45, 2.75) is 43.5 Å². The Bertz CT molecular complexity index is 886. The molecule has 1 aromatic carbocycles. The van der Waals surface area contributed by atoms with Crippen LogP contribution in [0.5, 0.6) is 5.88 Å². The lowest BCUT2D eigenvalue weighted by Gasteiger charge is -2.31. The second-order valence-electron chi connectivity index (χ2n) is 7.14. The monoisotopic (exact) mass is 373 g/mol. The molecule has 2 aliphatic rings. The van der Waals surface area contributed by atoms with E-state index in [0.29, 0.717) is 13.1 Å². The Hall–Kier alpha value is -1.96. The smallest absolute Gasteiger partial charge is 0.249 e. The van der Waals surface area contributed by atoms with Crippen LogP contribution in [0.3, 0.4) is 0 Å². The molecule has 4 rings (SSSR count). The number of pyridine rings is 1. The Balaban J connectivity index is 1.68. The maximum atomic E-state index is 13.3. The molecule has 0 bridgehead atoms. The van der Waals surface area contributed by atoms with E-state index in [1.54, 1.807) is 22.6 Å². The molecule has 0 radical (unpaired) electrons. The lowest BCUT2D eigenvalue weighted by molar-refractivity contribution is 0.135. The fraction of sp³-hybridized carbons (Fsp3) is 0.421. The summed E-state index contributed by atoms with van der Waals surface area (Å²) in [5.41, 5.74) is 1.21. The molecule has 138 valence electrons. The average Bonchev–Trinajstić information content (AvgIpc) is 2.93. The lowest BCUT2D eigenvalue weighted by Crippen LogP contribution is -2.50. The molecule has 26 heavy (non-hydrogen) atoms. The first kappa shape index (κ1) is 17.5. The van der Waals surface area contributed by atoms with Gasteiger partial charge in [0.1, 0.15) is 11.0 Å². The number of rotatable bonds is 3. The average molecular weight is 373 g/mol. The van der Waals surface area contributed by atoms with Gasteiger partial charge in [-0.1, -0.05) is 30.3 Å². The first-order valence-corrected chi connectivity index (χ1v) is 10.3. The highest BCUT2D eigenvalue weighted by atomic mass is 32.2. The Kier molecular flexibility index (Phi) is 4.46. The molecule has 0 N–H and O–H groups in total. The third kappa shape index (κ3) is 3.00. The summed E-state index contributed by atoms with van der Waals surface area (Å²) in [5, 5.41) is 0. The fourth-order valence-corrected chi connectivity index (χ4v) is 5.83. The number of nitrogens with zero attached hydrogens (tertiary/aromatic N) is 3. The van der Waals surface area contributed by atoms with Crippen molar-refractivity contribution < 1.29 is 13.2 Å². The number of hydrogen-bond acceptors (Lipinski definition) is 5. The molecule has 1 aromatic heterocycles. The van der Waals surface area contributed by atoms with E-state index in [2.05, 4.69) is 22.0 Å². The van der Waals surface area contributed by atoms with Crippen LogP contribution in [0.4, 0.5) is 0 Å². The number of aromatic nitrogens is 1. The summed E-state index contributed by atoms with van der Waals surface area (Å²) in [7, 11) is -3.65. The van der Waals surface area contributed by atoms with Crippen molar-refractivity contribution in [3.63, 3.8) is 0 Å². The summed E-state index contributed by atoms with van der Waals surface area (Å²) in [6, 6.07) is 13.0. The summed E-state index contributed by atoms with van der Waals surface area (Å²) in [6.07, 6.45) is 1.34. The van der Waals surface area contributed by atoms with E-state index in [-0.39, 0.29) is 29.0 Å². The van der Waals surface area contributed by atoms with Gasteiger partial charge in [0.25, 0.3) is 0 Å². The van der Waals surface area contributed by atoms with Gasteiger partial charge in [0.2, 0.25) is 15.9 Å². The minimum Gasteiger partial charge on any atom is -0.470 e. The molecule has 6 nitrogen and oxygen atoms in total. The van der Waals surface area contributed by atoms with Gasteiger partial charge in [-0.25, -0.2) is 13.4 Å². The summed E-state index contributed by atoms with van der Waals surface area (Å²) in [5.74, 6) is 0.215. The van der Waals surface area contributed by atoms with Gasteiger partial charge >= 0.3 is 0 Å². The van der Waals surface area contributed by atoms with E-state index in [9.17, 15) is 8.42 Å². The van der Waals surface area contributed by atoms with Gasteiger partial charge in [-0.05, 0) is 31.5 Å². The molecule has 2 aliphatic heterocycles. The minimum absolute atomic E-state index is 0.154. The van der Waals surface area contributed by atoms with Crippen molar-refractivity contribution in [2.75, 3.05) is 13.1 Å². The highest BCUT2D eigenvalue weighted by molar-refractivity contribution is 7.89. The molecule has 0 spiro atoms. The van der Waals surface area contributed by atoms with Crippen LogP contribution in [0, 0.1) is 0 Å². The molecule has 0 amide bonds. The van der Waals surface area contributed by atoms with Gasteiger partial charge < -0.3 is 4.74 Å². The number of hydrogen-bond donors (Lipinski definition) is 0. The zero-order valence-corrected chi connectivity index (χ0v) is 15.8. The molecule has 1 saturated heterocycles. The van der Waals surface area contributed by atoms with Crippen LogP contribution < -0.4 is 4.74 Å². The van der Waals surface area contributed by atoms with Gasteiger partial charge in [-0.15, -0.1) is 0 Å². The summed E-state index contributed by atoms with van der Waals surface area (Å²) in [6.45, 7) is 5.92. The molecular weight excluding hydrogens is 350 g/mol. The molecule has 0 aliphatic carbocycles. The topological polar surface area (TPSA) is 62.7 Å². The summed E-state index contributed by atoms with van der Waals surface area (Å²) in [4.78, 5) is 6.61. The van der Waals surface area contributed by atoms with Crippen molar-refractivity contribution in [1.29, 1.82) is 0 Å². The lowest BCUT2D eigenvalue weighted by atomic mass is 10.2. The van der Waals surface area contributed by atoms with Crippen LogP contribution in [0.25, 0.3) is 0 Å². The van der Waals surface area contributed by atoms with Gasteiger partial charge in [-0.3, -0.25) is 4.90 Å². The van der Waals surface area contributed by atoms with E-state index in [1.807, 2.05) is 32.0 Å². The maximum Gasteiger partial charge on any atom is 0.249 e. The molecule has 0 unspecified atom stereocenters. The van der Waals surface area contributed by atoms with E-state index < -0.39 is 10.0 Å². The van der Waals surface area contributed by atoms with Crippen molar-refractivity contribution in [3.05, 3.63) is 54.2 Å². The van der Waals surface area contributed by atoms with Crippen molar-refractivity contribution >= 4 is 10.0 Å². The Labute approximate surface area is 154 Å². The van der Waals surface area contributed by atoms with Gasteiger partial charge in [0.05, 0.1) is 6.04 Å². The zero-order valence-electron chi connectivity index (χ0n) is 14.9. The third-order valence-electron chi connectivity index (χ3n) is 4.95. The van der Waals surface area contributed by atoms with Gasteiger partial charge in [-0.2, -0.15) is 4.31 Å². The van der Waals surface area contributed by atoms with Crippen LogP contribution in [-0.4, -0.2) is 53.9 Å². The number of benzene rings is 1. The van der Waals surface area contributed by atoms with Crippen LogP contribution >= 0.6 is 0 Å². The van der Waals surface area contributed by atoms with Crippen molar-refractivity contribution in [3.8, 4) is 5.88 Å². The number of likely N-dealkylation sites (tertiary alicyclic amines) is 1. The molecular formula is C19H23N3O3S. The predicted octanol–water partition coefficient (Wildman–Crippen LogP) is 2.13. The molecule has 3 heterocycles. The van der Waals surface area contributed by atoms with Crippen molar-refractivity contribution in [2.24, 2.45) is 0 Å². The zero-order chi connectivity index (χ0) is 18.3. The highest BCUT2D eigenvalue weighted by Crippen LogP contribution is 2.36. The Morgan fingerprint density at radius 2 is 1.92 bits per heavy atom. The molecule has 2 atom stereocenters. The first-order valence-electron chi connectivity index (χ1n) is 8.88. The predicted molar refractivity (Wildman–Crippen MR) is 98.3 cm³/mol. The summed E-state index contributed by atoms with van der Waals surface area (Å²) < 4.78 is 34.2. The molecule has 2 aromatic rings. The second kappa shape index (κ2) is 6.64. The highest BCUT2D eigenvalue weighted by Gasteiger charge is 2.48. The first-order chi connectivity index (χ1) is 12.5. The Morgan fingerprint density at radius 3 is 2.65 bits per heavy atom. The quantitative estimate of drug-likeness (QED) is 0.825. The summed E-state index contributed by atoms with van der Waals surface area (Å²) >= 11 is 0. The van der Waals surface area contributed by atoms with E-state index in [1.165, 1.54) is 5.56 Å². The molecule has 7 heteroatoms. The van der Waals surface area contributed by atoms with Crippen LogP contribution in [0.2, 0.25) is 0 Å². The fourth-order valence-electron chi connectivity index (χ4n) is 3.92. The van der Waals surface area contributed by atoms with Crippen molar-refractivity contribution in [1.82, 2.24) is 14.2 Å². The van der Waals surface area contributed by atoms with Gasteiger partial charge in [0, 0.05) is 31.9 Å². The second-order valence-corrected chi connectivity index (χ2v) is 8.95. The van der Waals surface area contributed by atoms with E-state index >= 15 is 0 Å². The largest absolute Gasteiger partial charge is 0.470 e. The van der Waals surface area contributed by atoms with Crippen LogP contribution in [0.15, 0.2) is 53.6 Å². The Morgan fingerprint density at radius 1 is 1.15 bits per heavy atom. The van der Waals surface area contributed by atoms with E-state index in [0.717, 1.165) is 6.54 Å². The number of ether oxygens (including phenoxy) is 1. The standard InChI is InChI=1S/C19H23N3O3S/c1-14(2)22-16-12-21(11-15-7-4-3-5-8-15)13-17(16)25-19-18(26(22,23)24)9-6-10-20-19/h3-10,14,16-17H,11-13H2,1-2H3/t16-,17+/m0/s1. The van der Waals surface area contributed by atoms with Crippen LogP contribution in [0.1, 0.15) is 19.4 Å². The maximum absolute atomic E-state index is 13.3.